The molecule has 0 bridgehead atoms. The highest BCUT2D eigenvalue weighted by atomic mass is 79.9. The Kier molecular flexibility index (Phi) is 6.07. The highest BCUT2D eigenvalue weighted by Crippen LogP contribution is 2.34. The predicted octanol–water partition coefficient (Wildman–Crippen LogP) is 5.11. The van der Waals surface area contributed by atoms with Gasteiger partial charge >= 0.3 is 0 Å². The van der Waals surface area contributed by atoms with Crippen LogP contribution in [0, 0.1) is 0 Å². The SMILES string of the molecule is CC.CCC1CCC(c2ccc(Br)cc2)O1. The predicted molar refractivity (Wildman–Crippen MR) is 72.6 cm³/mol. The van der Waals surface area contributed by atoms with Gasteiger partial charge in [0, 0.05) is 4.47 Å². The van der Waals surface area contributed by atoms with E-state index in [4.69, 9.17) is 4.74 Å². The van der Waals surface area contributed by atoms with Gasteiger partial charge in [-0.1, -0.05) is 48.8 Å². The maximum Gasteiger partial charge on any atom is 0.0829 e. The normalized spacial score (nSPS) is 23.8. The van der Waals surface area contributed by atoms with Gasteiger partial charge in [0.05, 0.1) is 12.2 Å². The van der Waals surface area contributed by atoms with Crippen LogP contribution in [0.1, 0.15) is 51.7 Å². The Hall–Kier alpha value is -0.340. The van der Waals surface area contributed by atoms with Gasteiger partial charge in [0.2, 0.25) is 0 Å². The summed E-state index contributed by atoms with van der Waals surface area (Å²) in [6.07, 6.45) is 4.31. The molecule has 0 aliphatic carbocycles. The van der Waals surface area contributed by atoms with Gasteiger partial charge in [-0.25, -0.2) is 0 Å². The first-order chi connectivity index (χ1) is 7.79. The summed E-state index contributed by atoms with van der Waals surface area (Å²) in [5.74, 6) is 0. The monoisotopic (exact) mass is 284 g/mol. The molecule has 16 heavy (non-hydrogen) atoms. The van der Waals surface area contributed by atoms with Crippen molar-refractivity contribution < 1.29 is 4.74 Å². The summed E-state index contributed by atoms with van der Waals surface area (Å²) in [5, 5.41) is 0. The van der Waals surface area contributed by atoms with Crippen LogP contribution in [0.15, 0.2) is 28.7 Å². The molecule has 1 fully saturated rings. The molecular weight excluding hydrogens is 264 g/mol. The molecule has 0 aromatic heterocycles. The van der Waals surface area contributed by atoms with Gasteiger partial charge in [-0.2, -0.15) is 0 Å². The van der Waals surface area contributed by atoms with E-state index in [2.05, 4.69) is 47.1 Å². The minimum absolute atomic E-state index is 0.327. The van der Waals surface area contributed by atoms with Crippen molar-refractivity contribution in [3.8, 4) is 0 Å². The molecule has 2 unspecified atom stereocenters. The summed E-state index contributed by atoms with van der Waals surface area (Å²) in [4.78, 5) is 0. The van der Waals surface area contributed by atoms with Gasteiger partial charge < -0.3 is 4.74 Å². The van der Waals surface area contributed by atoms with Crippen LogP contribution in [0.25, 0.3) is 0 Å². The second-order valence-corrected chi connectivity index (χ2v) is 4.70. The fourth-order valence-corrected chi connectivity index (χ4v) is 2.19. The Morgan fingerprint density at radius 3 is 2.31 bits per heavy atom. The Labute approximate surface area is 107 Å². The molecule has 2 heteroatoms. The van der Waals surface area contributed by atoms with Crippen LogP contribution in [-0.4, -0.2) is 6.10 Å². The van der Waals surface area contributed by atoms with Crippen molar-refractivity contribution in [2.75, 3.05) is 0 Å². The Morgan fingerprint density at radius 2 is 1.81 bits per heavy atom. The zero-order valence-corrected chi connectivity index (χ0v) is 12.0. The smallest absolute Gasteiger partial charge is 0.0829 e. The van der Waals surface area contributed by atoms with Gasteiger partial charge in [-0.05, 0) is 37.0 Å². The first kappa shape index (κ1) is 13.7. The molecule has 1 aliphatic rings. The zero-order valence-electron chi connectivity index (χ0n) is 10.4. The molecule has 0 spiro atoms. The number of rotatable bonds is 2. The van der Waals surface area contributed by atoms with E-state index in [-0.39, 0.29) is 0 Å². The second kappa shape index (κ2) is 7.08. The Balaban J connectivity index is 0.000000606. The molecule has 2 atom stereocenters. The number of ether oxygens (including phenoxy) is 1. The Morgan fingerprint density at radius 1 is 1.19 bits per heavy atom. The minimum Gasteiger partial charge on any atom is -0.370 e. The lowest BCUT2D eigenvalue weighted by Crippen LogP contribution is -2.04. The number of hydrogen-bond acceptors (Lipinski definition) is 1. The summed E-state index contributed by atoms with van der Waals surface area (Å²) in [6, 6.07) is 8.45. The van der Waals surface area contributed by atoms with E-state index in [0.717, 1.165) is 10.9 Å². The lowest BCUT2D eigenvalue weighted by Gasteiger charge is -2.12. The highest BCUT2D eigenvalue weighted by Gasteiger charge is 2.24. The van der Waals surface area contributed by atoms with Crippen molar-refractivity contribution >= 4 is 15.9 Å². The first-order valence-electron chi connectivity index (χ1n) is 6.20. The molecule has 90 valence electrons. The van der Waals surface area contributed by atoms with Crippen molar-refractivity contribution in [3.63, 3.8) is 0 Å². The molecule has 1 nitrogen and oxygen atoms in total. The van der Waals surface area contributed by atoms with Gasteiger partial charge in [0.1, 0.15) is 0 Å². The summed E-state index contributed by atoms with van der Waals surface area (Å²) >= 11 is 3.44. The average Bonchev–Trinajstić information content (AvgIpc) is 2.81. The van der Waals surface area contributed by atoms with E-state index in [0.29, 0.717) is 12.2 Å². The fraction of sp³-hybridized carbons (Fsp3) is 0.571. The van der Waals surface area contributed by atoms with Crippen molar-refractivity contribution in [2.45, 2.75) is 52.2 Å². The van der Waals surface area contributed by atoms with E-state index in [1.165, 1.54) is 18.4 Å². The van der Waals surface area contributed by atoms with Crippen LogP contribution in [0.4, 0.5) is 0 Å². The van der Waals surface area contributed by atoms with Crippen molar-refractivity contribution in [1.82, 2.24) is 0 Å². The number of benzene rings is 1. The number of halogens is 1. The van der Waals surface area contributed by atoms with Crippen LogP contribution in [0.2, 0.25) is 0 Å². The van der Waals surface area contributed by atoms with Crippen molar-refractivity contribution in [2.24, 2.45) is 0 Å². The molecule has 2 rings (SSSR count). The van der Waals surface area contributed by atoms with Gasteiger partial charge in [0.25, 0.3) is 0 Å². The summed E-state index contributed by atoms with van der Waals surface area (Å²) in [7, 11) is 0. The zero-order chi connectivity index (χ0) is 12.0. The van der Waals surface area contributed by atoms with Gasteiger partial charge in [0.15, 0.2) is 0 Å². The lowest BCUT2D eigenvalue weighted by atomic mass is 10.1. The topological polar surface area (TPSA) is 9.23 Å². The van der Waals surface area contributed by atoms with Crippen LogP contribution in [0.3, 0.4) is 0 Å². The molecule has 0 N–H and O–H groups in total. The Bertz CT molecular complexity index is 294. The van der Waals surface area contributed by atoms with E-state index in [1.54, 1.807) is 0 Å². The summed E-state index contributed by atoms with van der Waals surface area (Å²) in [5.41, 5.74) is 1.31. The third-order valence-corrected chi connectivity index (χ3v) is 3.33. The van der Waals surface area contributed by atoms with Crippen molar-refractivity contribution in [3.05, 3.63) is 34.3 Å². The average molecular weight is 285 g/mol. The minimum atomic E-state index is 0.327. The van der Waals surface area contributed by atoms with E-state index >= 15 is 0 Å². The molecule has 1 heterocycles. The van der Waals surface area contributed by atoms with Gasteiger partial charge in [-0.3, -0.25) is 0 Å². The molecule has 0 radical (unpaired) electrons. The summed E-state index contributed by atoms with van der Waals surface area (Å²) < 4.78 is 7.05. The molecule has 1 aliphatic heterocycles. The number of hydrogen-bond donors (Lipinski definition) is 0. The molecule has 1 saturated heterocycles. The third kappa shape index (κ3) is 3.60. The maximum atomic E-state index is 5.92. The van der Waals surface area contributed by atoms with E-state index < -0.39 is 0 Å². The second-order valence-electron chi connectivity index (χ2n) is 3.78. The molecule has 0 amide bonds. The fourth-order valence-electron chi connectivity index (χ4n) is 1.93. The summed E-state index contributed by atoms with van der Waals surface area (Å²) in [6.45, 7) is 6.19. The van der Waals surface area contributed by atoms with Gasteiger partial charge in [-0.15, -0.1) is 0 Å². The largest absolute Gasteiger partial charge is 0.370 e. The van der Waals surface area contributed by atoms with Crippen LogP contribution in [0.5, 0.6) is 0 Å². The quantitative estimate of drug-likeness (QED) is 0.734. The molecule has 1 aromatic rings. The van der Waals surface area contributed by atoms with E-state index in [9.17, 15) is 0 Å². The van der Waals surface area contributed by atoms with E-state index in [1.807, 2.05) is 13.8 Å². The van der Waals surface area contributed by atoms with Crippen LogP contribution < -0.4 is 0 Å². The van der Waals surface area contributed by atoms with Crippen molar-refractivity contribution in [1.29, 1.82) is 0 Å². The maximum absolute atomic E-state index is 5.92. The van der Waals surface area contributed by atoms with Crippen LogP contribution >= 0.6 is 15.9 Å². The molecular formula is C14H21BrO. The standard InChI is InChI=1S/C12H15BrO.C2H6/c1-2-11-7-8-12(14-11)9-3-5-10(13)6-4-9;1-2/h3-6,11-12H,2,7-8H2,1H3;1-2H3. The molecule has 0 saturated carbocycles. The highest BCUT2D eigenvalue weighted by molar-refractivity contribution is 9.10. The first-order valence-corrected chi connectivity index (χ1v) is 7.00. The lowest BCUT2D eigenvalue weighted by molar-refractivity contribution is 0.0428. The third-order valence-electron chi connectivity index (χ3n) is 2.80. The van der Waals surface area contributed by atoms with Crippen LogP contribution in [-0.2, 0) is 4.74 Å². The molecule has 1 aromatic carbocycles.